The van der Waals surface area contributed by atoms with E-state index in [1.807, 2.05) is 12.1 Å². The lowest BCUT2D eigenvalue weighted by Crippen LogP contribution is -1.96. The van der Waals surface area contributed by atoms with Crippen LogP contribution in [0, 0.1) is 11.3 Å². The predicted octanol–water partition coefficient (Wildman–Crippen LogP) is 4.11. The molecular formula is C12H7BrClN3. The van der Waals surface area contributed by atoms with Gasteiger partial charge in [0.15, 0.2) is 0 Å². The van der Waals surface area contributed by atoms with Gasteiger partial charge in [-0.05, 0) is 40.2 Å². The molecule has 0 fully saturated rings. The summed E-state index contributed by atoms with van der Waals surface area (Å²) in [6.07, 6.45) is 1.63. The monoisotopic (exact) mass is 307 g/mol. The number of aromatic nitrogens is 1. The average molecular weight is 309 g/mol. The Kier molecular flexibility index (Phi) is 3.62. The zero-order valence-electron chi connectivity index (χ0n) is 8.61. The number of nitrogens with one attached hydrogen (secondary N) is 1. The van der Waals surface area contributed by atoms with Crippen molar-refractivity contribution < 1.29 is 0 Å². The Morgan fingerprint density at radius 1 is 1.35 bits per heavy atom. The van der Waals surface area contributed by atoms with Gasteiger partial charge in [-0.1, -0.05) is 17.7 Å². The van der Waals surface area contributed by atoms with Crippen molar-refractivity contribution in [3.05, 3.63) is 51.6 Å². The SMILES string of the molecule is N#Cc1cc(Br)cnc1Nc1cccc(Cl)c1. The summed E-state index contributed by atoms with van der Waals surface area (Å²) in [7, 11) is 0. The van der Waals surface area contributed by atoms with Crippen LogP contribution < -0.4 is 5.32 Å². The van der Waals surface area contributed by atoms with Gasteiger partial charge in [0.2, 0.25) is 0 Å². The summed E-state index contributed by atoms with van der Waals surface area (Å²) < 4.78 is 0.769. The lowest BCUT2D eigenvalue weighted by molar-refractivity contribution is 1.27. The van der Waals surface area contributed by atoms with E-state index in [1.165, 1.54) is 0 Å². The van der Waals surface area contributed by atoms with E-state index >= 15 is 0 Å². The maximum Gasteiger partial charge on any atom is 0.148 e. The van der Waals surface area contributed by atoms with E-state index in [9.17, 15) is 0 Å². The first-order valence-corrected chi connectivity index (χ1v) is 5.94. The molecule has 0 aliphatic rings. The molecule has 5 heteroatoms. The number of rotatable bonds is 2. The molecule has 1 heterocycles. The van der Waals surface area contributed by atoms with Gasteiger partial charge in [-0.15, -0.1) is 0 Å². The van der Waals surface area contributed by atoms with E-state index in [0.29, 0.717) is 16.4 Å². The van der Waals surface area contributed by atoms with Crippen LogP contribution in [0.25, 0.3) is 0 Å². The fourth-order valence-electron chi connectivity index (χ4n) is 1.33. The van der Waals surface area contributed by atoms with Gasteiger partial charge < -0.3 is 5.32 Å². The Bertz CT molecular complexity index is 593. The summed E-state index contributed by atoms with van der Waals surface area (Å²) in [5.74, 6) is 0.512. The van der Waals surface area contributed by atoms with Crippen molar-refractivity contribution in [3.8, 4) is 6.07 Å². The summed E-state index contributed by atoms with van der Waals surface area (Å²) in [5.41, 5.74) is 1.27. The van der Waals surface area contributed by atoms with Crippen molar-refractivity contribution in [2.24, 2.45) is 0 Å². The molecule has 0 saturated carbocycles. The summed E-state index contributed by atoms with van der Waals surface area (Å²) in [4.78, 5) is 4.15. The van der Waals surface area contributed by atoms with Crippen LogP contribution in [0.4, 0.5) is 11.5 Å². The molecule has 2 rings (SSSR count). The first-order valence-electron chi connectivity index (χ1n) is 4.77. The van der Waals surface area contributed by atoms with Gasteiger partial charge in [0.1, 0.15) is 11.9 Å². The predicted molar refractivity (Wildman–Crippen MR) is 71.4 cm³/mol. The van der Waals surface area contributed by atoms with Crippen LogP contribution in [-0.2, 0) is 0 Å². The first-order chi connectivity index (χ1) is 8.19. The van der Waals surface area contributed by atoms with Crippen LogP contribution in [-0.4, -0.2) is 4.98 Å². The van der Waals surface area contributed by atoms with Gasteiger partial charge in [0, 0.05) is 21.4 Å². The maximum atomic E-state index is 9.00. The van der Waals surface area contributed by atoms with Gasteiger partial charge in [-0.3, -0.25) is 0 Å². The average Bonchev–Trinajstić information content (AvgIpc) is 2.31. The van der Waals surface area contributed by atoms with E-state index < -0.39 is 0 Å². The molecule has 0 bridgehead atoms. The van der Waals surface area contributed by atoms with Crippen molar-refractivity contribution >= 4 is 39.0 Å². The van der Waals surface area contributed by atoms with Crippen molar-refractivity contribution in [1.82, 2.24) is 4.98 Å². The second kappa shape index (κ2) is 5.17. The lowest BCUT2D eigenvalue weighted by atomic mass is 10.2. The normalized spacial score (nSPS) is 9.71. The zero-order chi connectivity index (χ0) is 12.3. The van der Waals surface area contributed by atoms with E-state index in [2.05, 4.69) is 32.3 Å². The third-order valence-corrected chi connectivity index (χ3v) is 2.73. The second-order valence-electron chi connectivity index (χ2n) is 3.30. The molecule has 0 atom stereocenters. The highest BCUT2D eigenvalue weighted by Crippen LogP contribution is 2.22. The smallest absolute Gasteiger partial charge is 0.148 e. The standard InChI is InChI=1S/C12H7BrClN3/c13-9-4-8(6-15)12(16-7-9)17-11-3-1-2-10(14)5-11/h1-5,7H,(H,16,17). The van der Waals surface area contributed by atoms with Crippen LogP contribution in [0.15, 0.2) is 41.0 Å². The van der Waals surface area contributed by atoms with Gasteiger partial charge in [-0.2, -0.15) is 5.26 Å². The maximum absolute atomic E-state index is 9.00. The van der Waals surface area contributed by atoms with Crippen molar-refractivity contribution in [2.45, 2.75) is 0 Å². The zero-order valence-corrected chi connectivity index (χ0v) is 11.0. The Balaban J connectivity index is 2.34. The van der Waals surface area contributed by atoms with Crippen LogP contribution >= 0.6 is 27.5 Å². The number of pyridine rings is 1. The number of halogens is 2. The summed E-state index contributed by atoms with van der Waals surface area (Å²) >= 11 is 9.15. The molecule has 0 aliphatic heterocycles. The quantitative estimate of drug-likeness (QED) is 0.908. The van der Waals surface area contributed by atoms with Crippen molar-refractivity contribution in [1.29, 1.82) is 5.26 Å². The summed E-state index contributed by atoms with van der Waals surface area (Å²) in [6, 6.07) is 11.0. The minimum Gasteiger partial charge on any atom is -0.339 e. The largest absolute Gasteiger partial charge is 0.339 e. The van der Waals surface area contributed by atoms with Crippen LogP contribution in [0.5, 0.6) is 0 Å². The fourth-order valence-corrected chi connectivity index (χ4v) is 1.85. The molecule has 0 aliphatic carbocycles. The summed E-state index contributed by atoms with van der Waals surface area (Å²) in [5, 5.41) is 12.7. The van der Waals surface area contributed by atoms with Crippen LogP contribution in [0.1, 0.15) is 5.56 Å². The number of nitriles is 1. The van der Waals surface area contributed by atoms with Gasteiger partial charge in [0.05, 0.1) is 5.56 Å². The van der Waals surface area contributed by atoms with E-state index in [0.717, 1.165) is 10.2 Å². The van der Waals surface area contributed by atoms with Gasteiger partial charge in [-0.25, -0.2) is 4.98 Å². The van der Waals surface area contributed by atoms with E-state index in [-0.39, 0.29) is 0 Å². The number of anilines is 2. The van der Waals surface area contributed by atoms with Crippen molar-refractivity contribution in [3.63, 3.8) is 0 Å². The molecule has 0 unspecified atom stereocenters. The minimum atomic E-state index is 0.472. The Morgan fingerprint density at radius 2 is 2.18 bits per heavy atom. The molecule has 0 amide bonds. The molecule has 0 radical (unpaired) electrons. The third kappa shape index (κ3) is 2.96. The molecular weight excluding hydrogens is 302 g/mol. The minimum absolute atomic E-state index is 0.472. The summed E-state index contributed by atoms with van der Waals surface area (Å²) in [6.45, 7) is 0. The highest BCUT2D eigenvalue weighted by atomic mass is 79.9. The Hall–Kier alpha value is -1.57. The Labute approximate surface area is 112 Å². The lowest BCUT2D eigenvalue weighted by Gasteiger charge is -2.07. The van der Waals surface area contributed by atoms with Crippen LogP contribution in [0.2, 0.25) is 5.02 Å². The fraction of sp³-hybridized carbons (Fsp3) is 0. The van der Waals surface area contributed by atoms with Gasteiger partial charge >= 0.3 is 0 Å². The molecule has 3 nitrogen and oxygen atoms in total. The van der Waals surface area contributed by atoms with Crippen LogP contribution in [0.3, 0.4) is 0 Å². The highest BCUT2D eigenvalue weighted by molar-refractivity contribution is 9.10. The number of nitrogens with zero attached hydrogens (tertiary/aromatic N) is 2. The Morgan fingerprint density at radius 3 is 2.88 bits per heavy atom. The third-order valence-electron chi connectivity index (χ3n) is 2.06. The number of hydrogen-bond acceptors (Lipinski definition) is 3. The number of hydrogen-bond donors (Lipinski definition) is 1. The van der Waals surface area contributed by atoms with E-state index in [4.69, 9.17) is 16.9 Å². The molecule has 0 spiro atoms. The van der Waals surface area contributed by atoms with E-state index in [1.54, 1.807) is 24.4 Å². The molecule has 17 heavy (non-hydrogen) atoms. The molecule has 1 N–H and O–H groups in total. The molecule has 1 aromatic heterocycles. The first kappa shape index (κ1) is 11.9. The second-order valence-corrected chi connectivity index (χ2v) is 4.65. The molecule has 84 valence electrons. The molecule has 1 aromatic carbocycles. The molecule has 0 saturated heterocycles. The van der Waals surface area contributed by atoms with Gasteiger partial charge in [0.25, 0.3) is 0 Å². The highest BCUT2D eigenvalue weighted by Gasteiger charge is 2.04. The topological polar surface area (TPSA) is 48.7 Å². The number of benzene rings is 1. The molecule has 2 aromatic rings. The van der Waals surface area contributed by atoms with Crippen molar-refractivity contribution in [2.75, 3.05) is 5.32 Å².